The Hall–Kier alpha value is -1.36. The Labute approximate surface area is 123 Å². The Kier molecular flexibility index (Phi) is 4.81. The average Bonchev–Trinajstić information content (AvgIpc) is 2.96. The molecule has 2 heterocycles. The SMILES string of the molecule is C#CCNC(=O)c1sccc1S(=O)(=O)N1CCCCC1. The lowest BCUT2D eigenvalue weighted by molar-refractivity contribution is 0.0959. The summed E-state index contributed by atoms with van der Waals surface area (Å²) in [7, 11) is -3.59. The van der Waals surface area contributed by atoms with Gasteiger partial charge in [-0.1, -0.05) is 12.3 Å². The monoisotopic (exact) mass is 312 g/mol. The Morgan fingerprint density at radius 1 is 1.40 bits per heavy atom. The first-order valence-electron chi connectivity index (χ1n) is 6.36. The predicted molar refractivity (Wildman–Crippen MR) is 78.1 cm³/mol. The van der Waals surface area contributed by atoms with Crippen LogP contribution in [0.25, 0.3) is 0 Å². The molecule has 1 aliphatic heterocycles. The first-order valence-corrected chi connectivity index (χ1v) is 8.68. The summed E-state index contributed by atoms with van der Waals surface area (Å²) in [4.78, 5) is 12.2. The van der Waals surface area contributed by atoms with Crippen LogP contribution in [0.4, 0.5) is 0 Å². The summed E-state index contributed by atoms with van der Waals surface area (Å²) in [5.41, 5.74) is 0. The zero-order valence-corrected chi connectivity index (χ0v) is 12.6. The molecule has 20 heavy (non-hydrogen) atoms. The van der Waals surface area contributed by atoms with Crippen LogP contribution < -0.4 is 5.32 Å². The molecule has 0 saturated carbocycles. The first kappa shape index (κ1) is 15.0. The zero-order valence-electron chi connectivity index (χ0n) is 11.0. The maximum atomic E-state index is 12.6. The van der Waals surface area contributed by atoms with Crippen molar-refractivity contribution in [3.8, 4) is 12.3 Å². The van der Waals surface area contributed by atoms with Gasteiger partial charge in [0, 0.05) is 13.1 Å². The van der Waals surface area contributed by atoms with E-state index in [2.05, 4.69) is 11.2 Å². The van der Waals surface area contributed by atoms with Crippen LogP contribution in [0.1, 0.15) is 28.9 Å². The van der Waals surface area contributed by atoms with Gasteiger partial charge in [-0.25, -0.2) is 8.42 Å². The topological polar surface area (TPSA) is 66.5 Å². The lowest BCUT2D eigenvalue weighted by Gasteiger charge is -2.25. The highest BCUT2D eigenvalue weighted by Crippen LogP contribution is 2.27. The van der Waals surface area contributed by atoms with Crippen molar-refractivity contribution in [1.82, 2.24) is 9.62 Å². The molecular formula is C13H16N2O3S2. The number of hydrogen-bond acceptors (Lipinski definition) is 4. The van der Waals surface area contributed by atoms with Crippen molar-refractivity contribution in [3.63, 3.8) is 0 Å². The van der Waals surface area contributed by atoms with Crippen LogP contribution in [0.15, 0.2) is 16.3 Å². The third kappa shape index (κ3) is 3.03. The van der Waals surface area contributed by atoms with E-state index in [4.69, 9.17) is 6.42 Å². The van der Waals surface area contributed by atoms with E-state index in [9.17, 15) is 13.2 Å². The molecule has 1 aromatic rings. The van der Waals surface area contributed by atoms with Crippen molar-refractivity contribution in [2.75, 3.05) is 19.6 Å². The van der Waals surface area contributed by atoms with Crippen molar-refractivity contribution in [3.05, 3.63) is 16.3 Å². The quantitative estimate of drug-likeness (QED) is 0.852. The second-order valence-electron chi connectivity index (χ2n) is 4.47. The molecule has 0 unspecified atom stereocenters. The van der Waals surface area contributed by atoms with Crippen LogP contribution in [0.5, 0.6) is 0 Å². The number of nitrogens with one attached hydrogen (secondary N) is 1. The minimum absolute atomic E-state index is 0.0823. The third-order valence-electron chi connectivity index (χ3n) is 3.12. The smallest absolute Gasteiger partial charge is 0.263 e. The highest BCUT2D eigenvalue weighted by atomic mass is 32.2. The summed E-state index contributed by atoms with van der Waals surface area (Å²) >= 11 is 1.11. The van der Waals surface area contributed by atoms with Crippen molar-refractivity contribution in [1.29, 1.82) is 0 Å². The van der Waals surface area contributed by atoms with Crippen molar-refractivity contribution in [2.24, 2.45) is 0 Å². The molecule has 0 aliphatic carbocycles. The Balaban J connectivity index is 2.26. The van der Waals surface area contributed by atoms with Crippen molar-refractivity contribution < 1.29 is 13.2 Å². The van der Waals surface area contributed by atoms with E-state index in [0.29, 0.717) is 13.1 Å². The second kappa shape index (κ2) is 6.39. The molecule has 0 bridgehead atoms. The number of hydrogen-bond donors (Lipinski definition) is 1. The molecule has 0 aromatic carbocycles. The van der Waals surface area contributed by atoms with Crippen molar-refractivity contribution >= 4 is 27.3 Å². The summed E-state index contributed by atoms with van der Waals surface area (Å²) in [6, 6.07) is 1.49. The van der Waals surface area contributed by atoms with Crippen LogP contribution in [0, 0.1) is 12.3 Å². The van der Waals surface area contributed by atoms with Gasteiger partial charge in [-0.15, -0.1) is 17.8 Å². The summed E-state index contributed by atoms with van der Waals surface area (Å²) < 4.78 is 26.6. The molecule has 108 valence electrons. The second-order valence-corrected chi connectivity index (χ2v) is 7.29. The predicted octanol–water partition coefficient (Wildman–Crippen LogP) is 1.29. The van der Waals surface area contributed by atoms with Crippen LogP contribution in [-0.2, 0) is 10.0 Å². The van der Waals surface area contributed by atoms with Crippen LogP contribution in [0.3, 0.4) is 0 Å². The molecule has 2 rings (SSSR count). The lowest BCUT2D eigenvalue weighted by Crippen LogP contribution is -2.36. The molecule has 1 saturated heterocycles. The fourth-order valence-corrected chi connectivity index (χ4v) is 4.96. The van der Waals surface area contributed by atoms with Gasteiger partial charge in [0.25, 0.3) is 5.91 Å². The summed E-state index contributed by atoms with van der Waals surface area (Å²) in [5.74, 6) is 1.86. The number of amides is 1. The van der Waals surface area contributed by atoms with E-state index in [1.54, 1.807) is 5.38 Å². The Morgan fingerprint density at radius 3 is 2.75 bits per heavy atom. The molecule has 0 atom stereocenters. The molecule has 1 amide bonds. The minimum Gasteiger partial charge on any atom is -0.340 e. The number of thiophene rings is 1. The first-order chi connectivity index (χ1) is 9.57. The van der Waals surface area contributed by atoms with Gasteiger partial charge in [0.2, 0.25) is 10.0 Å². The standard InChI is InChI=1S/C13H16N2O3S2/c1-2-7-14-13(16)12-11(6-10-19-12)20(17,18)15-8-4-3-5-9-15/h1,6,10H,3-5,7-9H2,(H,14,16). The van der Waals surface area contributed by atoms with Gasteiger partial charge < -0.3 is 5.32 Å². The van der Waals surface area contributed by atoms with Gasteiger partial charge >= 0.3 is 0 Å². The summed E-state index contributed by atoms with van der Waals surface area (Å²) in [5, 5.41) is 4.12. The van der Waals surface area contributed by atoms with E-state index >= 15 is 0 Å². The number of carbonyl (C=O) groups excluding carboxylic acids is 1. The molecule has 1 fully saturated rings. The number of terminal acetylenes is 1. The van der Waals surface area contributed by atoms with E-state index in [1.807, 2.05) is 0 Å². The molecule has 0 radical (unpaired) electrons. The molecule has 5 nitrogen and oxygen atoms in total. The molecule has 1 aliphatic rings. The molecule has 1 aromatic heterocycles. The van der Waals surface area contributed by atoms with Crippen molar-refractivity contribution in [2.45, 2.75) is 24.2 Å². The maximum absolute atomic E-state index is 12.6. The zero-order chi connectivity index (χ0) is 14.6. The lowest BCUT2D eigenvalue weighted by atomic mass is 10.2. The molecule has 1 N–H and O–H groups in total. The van der Waals surface area contributed by atoms with Gasteiger partial charge in [0.1, 0.15) is 9.77 Å². The fourth-order valence-electron chi connectivity index (χ4n) is 2.12. The van der Waals surface area contributed by atoms with E-state index in [1.165, 1.54) is 10.4 Å². The largest absolute Gasteiger partial charge is 0.340 e. The summed E-state index contributed by atoms with van der Waals surface area (Å²) in [6.07, 6.45) is 7.86. The highest BCUT2D eigenvalue weighted by molar-refractivity contribution is 7.89. The Morgan fingerprint density at radius 2 is 2.10 bits per heavy atom. The number of carbonyl (C=O) groups is 1. The number of piperidine rings is 1. The van der Waals surface area contributed by atoms with Gasteiger partial charge in [-0.2, -0.15) is 4.31 Å². The average molecular weight is 312 g/mol. The molecule has 0 spiro atoms. The van der Waals surface area contributed by atoms with E-state index in [-0.39, 0.29) is 16.3 Å². The van der Waals surface area contributed by atoms with E-state index in [0.717, 1.165) is 30.6 Å². The normalized spacial score (nSPS) is 16.6. The fraction of sp³-hybridized carbons (Fsp3) is 0.462. The highest BCUT2D eigenvalue weighted by Gasteiger charge is 2.30. The van der Waals surface area contributed by atoms with E-state index < -0.39 is 15.9 Å². The summed E-state index contributed by atoms with van der Waals surface area (Å²) in [6.45, 7) is 1.12. The maximum Gasteiger partial charge on any atom is 0.263 e. The molecule has 7 heteroatoms. The van der Waals surface area contributed by atoms with Gasteiger partial charge in [-0.05, 0) is 24.3 Å². The van der Waals surface area contributed by atoms with Gasteiger partial charge in [0.15, 0.2) is 0 Å². The molecular weight excluding hydrogens is 296 g/mol. The Bertz CT molecular complexity index is 622. The van der Waals surface area contributed by atoms with Gasteiger partial charge in [0.05, 0.1) is 6.54 Å². The van der Waals surface area contributed by atoms with Crippen LogP contribution in [0.2, 0.25) is 0 Å². The van der Waals surface area contributed by atoms with Gasteiger partial charge in [-0.3, -0.25) is 4.79 Å². The van der Waals surface area contributed by atoms with Crippen LogP contribution in [-0.4, -0.2) is 38.3 Å². The minimum atomic E-state index is -3.59. The number of rotatable bonds is 4. The third-order valence-corrected chi connectivity index (χ3v) is 6.10. The number of nitrogens with zero attached hydrogens (tertiary/aromatic N) is 1. The number of sulfonamides is 1. The van der Waals surface area contributed by atoms with Crippen LogP contribution >= 0.6 is 11.3 Å².